The van der Waals surface area contributed by atoms with Gasteiger partial charge in [-0.05, 0) is 208 Å². The fraction of sp³-hybridized carbons (Fsp3) is 0.904. The molecule has 4 aliphatic rings. The van der Waals surface area contributed by atoms with E-state index in [0.717, 1.165) is 138 Å². The first kappa shape index (κ1) is 93.6. The van der Waals surface area contributed by atoms with Crippen LogP contribution in [0.5, 0.6) is 0 Å². The van der Waals surface area contributed by atoms with Crippen LogP contribution < -0.4 is 31.9 Å². The lowest BCUT2D eigenvalue weighted by atomic mass is 9.77. The molecule has 4 fully saturated rings. The molecule has 0 aliphatic heterocycles. The summed E-state index contributed by atoms with van der Waals surface area (Å²) in [5, 5.41) is 18.3. The first-order valence-electron chi connectivity index (χ1n) is 40.1. The number of hydrogen-bond acceptors (Lipinski definition) is 6. The molecule has 95 heavy (non-hydrogen) atoms. The van der Waals surface area contributed by atoms with Crippen molar-refractivity contribution in [2.24, 2.45) is 70.5 Å². The van der Waals surface area contributed by atoms with Gasteiger partial charge in [0, 0.05) is 71.8 Å². The number of nitrogens with one attached hydrogen (secondary N) is 6. The van der Waals surface area contributed by atoms with Crippen molar-refractivity contribution in [3.05, 3.63) is 12.2 Å². The fourth-order valence-electron chi connectivity index (χ4n) is 13.0. The van der Waals surface area contributed by atoms with E-state index in [9.17, 15) is 28.8 Å². The van der Waals surface area contributed by atoms with Crippen molar-refractivity contribution >= 4 is 35.4 Å². The first-order valence-corrected chi connectivity index (χ1v) is 40.1. The molecule has 6 amide bonds. The van der Waals surface area contributed by atoms with Crippen LogP contribution in [0.2, 0.25) is 0 Å². The van der Waals surface area contributed by atoms with E-state index < -0.39 is 0 Å². The molecule has 0 bridgehead atoms. The van der Waals surface area contributed by atoms with Crippen molar-refractivity contribution in [2.45, 2.75) is 414 Å². The monoisotopic (exact) mass is 1340 g/mol. The van der Waals surface area contributed by atoms with E-state index in [1.165, 1.54) is 116 Å². The normalized spacial score (nSPS) is 17.9. The third-order valence-electron chi connectivity index (χ3n) is 18.8. The first-order chi connectivity index (χ1) is 44.7. The van der Waals surface area contributed by atoms with Crippen molar-refractivity contribution in [3.63, 3.8) is 0 Å². The summed E-state index contributed by atoms with van der Waals surface area (Å²) in [5.74, 6) is 7.11. The maximum Gasteiger partial charge on any atom is 0.223 e. The summed E-state index contributed by atoms with van der Waals surface area (Å²) in [5.41, 5.74) is 1.32. The Morgan fingerprint density at radius 1 is 0.368 bits per heavy atom. The van der Waals surface area contributed by atoms with Crippen LogP contribution in [-0.4, -0.2) is 71.7 Å². The van der Waals surface area contributed by atoms with Crippen LogP contribution in [-0.2, 0) is 28.8 Å². The number of allylic oxidation sites excluding steroid dienone is 1. The smallest absolute Gasteiger partial charge is 0.223 e. The molecular formula is C83H162N6O6. The summed E-state index contributed by atoms with van der Waals surface area (Å²) < 4.78 is 0. The van der Waals surface area contributed by atoms with Gasteiger partial charge in [0.15, 0.2) is 0 Å². The van der Waals surface area contributed by atoms with Gasteiger partial charge in [0.2, 0.25) is 35.4 Å². The second-order valence-electron chi connectivity index (χ2n) is 33.2. The lowest BCUT2D eigenvalue weighted by molar-refractivity contribution is -0.127. The minimum absolute atomic E-state index is 0.116. The molecule has 4 aliphatic carbocycles. The fourth-order valence-corrected chi connectivity index (χ4v) is 13.0. The standard InChI is InChI=1S/C15H29NO.2C14H27NO.C14H29NO.2C13H25NO/c1-4-5-10-14(15(17)16-12(2)3)11-13-8-6-7-9-13;1-5-6-7-12(9-13-8-11(13)4)14(16)15-10(2)3;1-4-5-9-13(10-12-7-6-8-12)14(16)15-11(2)3;1-7-8-9-12(10-14(4,5)6)13(16)15-11(2)3;1-4-5-6-12(9-11-7-8-11)13(15)14-10(2)3;1-6-7-8-12(9-10(2)3)13(15)14-11(4)5/h12-14H,4-11H2,1-3H3,(H,16,17);10-13H,5-9H2,1-4H3,(H,15,16);11-13H,4-10H2,1-3H3,(H,15,16);11-12H,7-10H2,1-6H3,(H,15,16);10-12H,4-9H2,1-3H3,(H,14,15);11-12H,2,6-9H2,1,3-5H3,(H,14,15). The Hall–Kier alpha value is -3.44. The Bertz CT molecular complexity index is 1940. The molecule has 0 aromatic rings. The van der Waals surface area contributed by atoms with Gasteiger partial charge in [0.05, 0.1) is 0 Å². The predicted octanol–water partition coefficient (Wildman–Crippen LogP) is 20.9. The van der Waals surface area contributed by atoms with Gasteiger partial charge in [-0.2, -0.15) is 0 Å². The molecule has 0 aromatic carbocycles. The largest absolute Gasteiger partial charge is 0.354 e. The van der Waals surface area contributed by atoms with Gasteiger partial charge in [-0.1, -0.05) is 210 Å². The molecular weight excluding hydrogens is 1180 g/mol. The van der Waals surface area contributed by atoms with Gasteiger partial charge in [0.1, 0.15) is 0 Å². The summed E-state index contributed by atoms with van der Waals surface area (Å²) in [6.45, 7) is 52.2. The quantitative estimate of drug-likeness (QED) is 0.0332. The number of hydrogen-bond donors (Lipinski definition) is 6. The van der Waals surface area contributed by atoms with Crippen LogP contribution in [0.4, 0.5) is 0 Å². The van der Waals surface area contributed by atoms with E-state index in [1.807, 2.05) is 90.0 Å². The second-order valence-corrected chi connectivity index (χ2v) is 33.2. The highest BCUT2D eigenvalue weighted by Gasteiger charge is 2.36. The molecule has 0 heterocycles. The average molecular weight is 1340 g/mol. The van der Waals surface area contributed by atoms with Gasteiger partial charge < -0.3 is 31.9 Å². The summed E-state index contributed by atoms with van der Waals surface area (Å²) in [6.07, 6.45) is 40.1. The second kappa shape index (κ2) is 55.3. The number of carbonyl (C=O) groups is 6. The zero-order chi connectivity index (χ0) is 72.6. The summed E-state index contributed by atoms with van der Waals surface area (Å²) in [4.78, 5) is 72.0. The molecule has 8 unspecified atom stereocenters. The van der Waals surface area contributed by atoms with E-state index in [4.69, 9.17) is 0 Å². The SMILES string of the molecule is C=C(C)CC(CCCC)C(=O)NC(C)C.CCCCC(CC(C)(C)C)C(=O)NC(C)C.CCCCC(CC1CC1)C(=O)NC(C)C.CCCCC(CC1CC1C)C(=O)NC(C)C.CCCCC(CC1CCC1)C(=O)NC(C)C.CCCCC(CC1CCCC1)C(=O)NC(C)C. The predicted molar refractivity (Wildman–Crippen MR) is 409 cm³/mol. The average Bonchev–Trinajstić information content (AvgIpc) is 1.93. The zero-order valence-corrected chi connectivity index (χ0v) is 67.0. The summed E-state index contributed by atoms with van der Waals surface area (Å²) in [6, 6.07) is 1.57. The van der Waals surface area contributed by atoms with Gasteiger partial charge in [-0.25, -0.2) is 0 Å². The molecule has 12 heteroatoms. The van der Waals surface area contributed by atoms with Crippen molar-refractivity contribution in [2.75, 3.05) is 0 Å². The number of rotatable bonds is 41. The number of amides is 6. The highest BCUT2D eigenvalue weighted by Crippen LogP contribution is 2.43. The molecule has 0 saturated heterocycles. The van der Waals surface area contributed by atoms with Crippen LogP contribution in [0, 0.1) is 70.5 Å². The number of unbranched alkanes of at least 4 members (excludes halogenated alkanes) is 6. The van der Waals surface area contributed by atoms with E-state index in [0.29, 0.717) is 5.91 Å². The molecule has 0 spiro atoms. The van der Waals surface area contributed by atoms with Crippen molar-refractivity contribution in [1.29, 1.82) is 0 Å². The van der Waals surface area contributed by atoms with Crippen LogP contribution in [0.25, 0.3) is 0 Å². The third kappa shape index (κ3) is 53.2. The Morgan fingerprint density at radius 2 is 0.600 bits per heavy atom. The van der Waals surface area contributed by atoms with E-state index in [-0.39, 0.29) is 107 Å². The van der Waals surface area contributed by atoms with Gasteiger partial charge >= 0.3 is 0 Å². The van der Waals surface area contributed by atoms with Gasteiger partial charge in [-0.15, -0.1) is 6.58 Å². The molecule has 4 rings (SSSR count). The van der Waals surface area contributed by atoms with Gasteiger partial charge in [0.25, 0.3) is 0 Å². The zero-order valence-electron chi connectivity index (χ0n) is 67.0. The lowest BCUT2D eigenvalue weighted by Crippen LogP contribution is -2.37. The molecule has 6 N–H and O–H groups in total. The summed E-state index contributed by atoms with van der Waals surface area (Å²) in [7, 11) is 0. The van der Waals surface area contributed by atoms with E-state index in [2.05, 4.69) is 108 Å². The highest BCUT2D eigenvalue weighted by atomic mass is 16.2. The van der Waals surface area contributed by atoms with Crippen LogP contribution >= 0.6 is 0 Å². The lowest BCUT2D eigenvalue weighted by Gasteiger charge is -2.29. The minimum atomic E-state index is 0.116. The van der Waals surface area contributed by atoms with Crippen molar-refractivity contribution < 1.29 is 28.8 Å². The van der Waals surface area contributed by atoms with Crippen molar-refractivity contribution in [3.8, 4) is 0 Å². The maximum absolute atomic E-state index is 12.1. The van der Waals surface area contributed by atoms with Crippen LogP contribution in [0.3, 0.4) is 0 Å². The Labute approximate surface area is 589 Å². The van der Waals surface area contributed by atoms with Crippen molar-refractivity contribution in [1.82, 2.24) is 31.9 Å². The highest BCUT2D eigenvalue weighted by molar-refractivity contribution is 5.81. The van der Waals surface area contributed by atoms with Crippen LogP contribution in [0.1, 0.15) is 378 Å². The molecule has 0 radical (unpaired) electrons. The molecule has 4 saturated carbocycles. The topological polar surface area (TPSA) is 175 Å². The molecule has 0 aromatic heterocycles. The third-order valence-corrected chi connectivity index (χ3v) is 18.8. The minimum Gasteiger partial charge on any atom is -0.354 e. The Morgan fingerprint density at radius 3 is 0.821 bits per heavy atom. The summed E-state index contributed by atoms with van der Waals surface area (Å²) >= 11 is 0. The van der Waals surface area contributed by atoms with Gasteiger partial charge in [-0.3, -0.25) is 28.8 Å². The molecule has 12 nitrogen and oxygen atoms in total. The van der Waals surface area contributed by atoms with E-state index in [1.54, 1.807) is 0 Å². The number of carbonyl (C=O) groups excluding carboxylic acids is 6. The molecule has 560 valence electrons. The molecule has 8 atom stereocenters. The maximum atomic E-state index is 12.1. The Balaban J connectivity index is 0. The Kier molecular flexibility index (Phi) is 54.5. The van der Waals surface area contributed by atoms with Crippen LogP contribution in [0.15, 0.2) is 12.2 Å². The van der Waals surface area contributed by atoms with E-state index >= 15 is 0 Å².